The first kappa shape index (κ1) is 22.4. The zero-order valence-electron chi connectivity index (χ0n) is 18.4. The molecule has 0 saturated heterocycles. The molecule has 7 nitrogen and oxygen atoms in total. The first-order chi connectivity index (χ1) is 16.0. The molecule has 168 valence electrons. The van der Waals surface area contributed by atoms with Gasteiger partial charge in [0.2, 0.25) is 0 Å². The molecule has 0 fully saturated rings. The Morgan fingerprint density at radius 2 is 2.06 bits per heavy atom. The predicted molar refractivity (Wildman–Crippen MR) is 127 cm³/mol. The number of fused-ring (bicyclic) bond motifs is 1. The molecule has 1 aliphatic rings. The van der Waals surface area contributed by atoms with Crippen molar-refractivity contribution in [2.24, 2.45) is 4.99 Å². The summed E-state index contributed by atoms with van der Waals surface area (Å²) in [6, 6.07) is 10.3. The van der Waals surface area contributed by atoms with Gasteiger partial charge in [-0.1, -0.05) is 42.2 Å². The molecule has 0 spiro atoms. The molecule has 3 aromatic rings. The van der Waals surface area contributed by atoms with Crippen LogP contribution in [0.3, 0.4) is 0 Å². The van der Waals surface area contributed by atoms with Gasteiger partial charge in [0.15, 0.2) is 4.80 Å². The van der Waals surface area contributed by atoms with Gasteiger partial charge in [0.1, 0.15) is 12.4 Å². The van der Waals surface area contributed by atoms with Crippen LogP contribution in [0, 0.1) is 0 Å². The van der Waals surface area contributed by atoms with Crippen LogP contribution < -0.4 is 19.6 Å². The molecule has 0 radical (unpaired) electrons. The van der Waals surface area contributed by atoms with E-state index in [1.165, 1.54) is 11.3 Å². The zero-order valence-corrected chi connectivity index (χ0v) is 19.2. The molecule has 0 amide bonds. The number of aromatic nitrogens is 2. The predicted octanol–water partition coefficient (Wildman–Crippen LogP) is 2.76. The van der Waals surface area contributed by atoms with Gasteiger partial charge >= 0.3 is 5.97 Å². The van der Waals surface area contributed by atoms with E-state index in [9.17, 15) is 9.59 Å². The van der Waals surface area contributed by atoms with Crippen LogP contribution in [0.4, 0.5) is 0 Å². The summed E-state index contributed by atoms with van der Waals surface area (Å²) >= 11 is 1.28. The van der Waals surface area contributed by atoms with Gasteiger partial charge in [-0.15, -0.1) is 0 Å². The summed E-state index contributed by atoms with van der Waals surface area (Å²) in [5, 5.41) is 0. The van der Waals surface area contributed by atoms with Crippen molar-refractivity contribution in [2.75, 3.05) is 13.2 Å². The first-order valence-electron chi connectivity index (χ1n) is 10.5. The lowest BCUT2D eigenvalue weighted by Gasteiger charge is -2.24. The maximum Gasteiger partial charge on any atom is 0.338 e. The van der Waals surface area contributed by atoms with E-state index in [2.05, 4.69) is 16.6 Å². The zero-order chi connectivity index (χ0) is 23.4. The summed E-state index contributed by atoms with van der Waals surface area (Å²) in [6.07, 6.45) is 6.81. The molecule has 1 aliphatic heterocycles. The maximum absolute atomic E-state index is 13.5. The Bertz CT molecular complexity index is 1390. The maximum atomic E-state index is 13.5. The van der Waals surface area contributed by atoms with Crippen LogP contribution in [-0.4, -0.2) is 28.7 Å². The van der Waals surface area contributed by atoms with Crippen molar-refractivity contribution in [3.8, 4) is 5.75 Å². The van der Waals surface area contributed by atoms with Crippen LogP contribution in [0.5, 0.6) is 5.75 Å². The smallest absolute Gasteiger partial charge is 0.338 e. The Morgan fingerprint density at radius 1 is 1.27 bits per heavy atom. The molecule has 0 unspecified atom stereocenters. The Labute approximate surface area is 194 Å². The summed E-state index contributed by atoms with van der Waals surface area (Å²) in [4.78, 5) is 35.6. The van der Waals surface area contributed by atoms with Gasteiger partial charge in [-0.05, 0) is 49.2 Å². The van der Waals surface area contributed by atoms with Crippen LogP contribution in [-0.2, 0) is 9.53 Å². The third kappa shape index (κ3) is 4.56. The van der Waals surface area contributed by atoms with Gasteiger partial charge in [-0.25, -0.2) is 9.79 Å². The summed E-state index contributed by atoms with van der Waals surface area (Å²) in [6.45, 7) is 7.77. The molecule has 0 saturated carbocycles. The second-order valence-electron chi connectivity index (χ2n) is 7.26. The van der Waals surface area contributed by atoms with Crippen LogP contribution >= 0.6 is 11.3 Å². The highest BCUT2D eigenvalue weighted by atomic mass is 32.1. The Balaban J connectivity index is 1.89. The normalized spacial score (nSPS) is 15.6. The van der Waals surface area contributed by atoms with Crippen LogP contribution in [0.15, 0.2) is 82.5 Å². The first-order valence-corrected chi connectivity index (χ1v) is 11.3. The summed E-state index contributed by atoms with van der Waals surface area (Å²) in [7, 11) is 0. The second-order valence-corrected chi connectivity index (χ2v) is 8.27. The lowest BCUT2D eigenvalue weighted by atomic mass is 9.96. The number of pyridine rings is 1. The van der Waals surface area contributed by atoms with Gasteiger partial charge in [-0.3, -0.25) is 14.3 Å². The number of rotatable bonds is 7. The van der Waals surface area contributed by atoms with Crippen molar-refractivity contribution < 1.29 is 14.3 Å². The highest BCUT2D eigenvalue weighted by Crippen LogP contribution is 2.31. The van der Waals surface area contributed by atoms with Gasteiger partial charge in [0.05, 0.1) is 28.5 Å². The largest absolute Gasteiger partial charge is 0.490 e. The topological polar surface area (TPSA) is 82.8 Å². The highest BCUT2D eigenvalue weighted by molar-refractivity contribution is 7.07. The van der Waals surface area contributed by atoms with Crippen molar-refractivity contribution in [3.63, 3.8) is 0 Å². The molecule has 1 atom stereocenters. The number of esters is 1. The monoisotopic (exact) mass is 461 g/mol. The number of nitrogens with zero attached hydrogens (tertiary/aromatic N) is 3. The van der Waals surface area contributed by atoms with Crippen LogP contribution in [0.25, 0.3) is 6.08 Å². The average Bonchev–Trinajstić information content (AvgIpc) is 3.12. The number of hydrogen-bond acceptors (Lipinski definition) is 7. The third-order valence-corrected chi connectivity index (χ3v) is 6.05. The fourth-order valence-corrected chi connectivity index (χ4v) is 4.67. The van der Waals surface area contributed by atoms with E-state index in [1.54, 1.807) is 43.0 Å². The van der Waals surface area contributed by atoms with Crippen molar-refractivity contribution >= 4 is 23.4 Å². The molecule has 3 heterocycles. The molecule has 0 N–H and O–H groups in total. The van der Waals surface area contributed by atoms with E-state index in [4.69, 9.17) is 9.47 Å². The molecule has 1 aromatic carbocycles. The Morgan fingerprint density at radius 3 is 2.73 bits per heavy atom. The molecular formula is C25H23N3O4S. The van der Waals surface area contributed by atoms with Crippen molar-refractivity contribution in [3.05, 3.63) is 104 Å². The molecule has 0 aliphatic carbocycles. The number of allylic oxidation sites excluding steroid dienone is 1. The molecule has 0 bridgehead atoms. The van der Waals surface area contributed by atoms with Gasteiger partial charge in [-0.2, -0.15) is 0 Å². The Hall–Kier alpha value is -3.78. The number of thiazole rings is 1. The van der Waals surface area contributed by atoms with Crippen molar-refractivity contribution in [2.45, 2.75) is 19.9 Å². The van der Waals surface area contributed by atoms with E-state index < -0.39 is 12.0 Å². The van der Waals surface area contributed by atoms with Crippen LogP contribution in [0.2, 0.25) is 0 Å². The summed E-state index contributed by atoms with van der Waals surface area (Å²) < 4.78 is 13.0. The lowest BCUT2D eigenvalue weighted by molar-refractivity contribution is -0.139. The fraction of sp³-hybridized carbons (Fsp3) is 0.200. The molecule has 8 heteroatoms. The number of carbonyl (C=O) groups excluding carboxylic acids is 1. The molecule has 2 aromatic heterocycles. The fourth-order valence-electron chi connectivity index (χ4n) is 3.62. The molecular weight excluding hydrogens is 438 g/mol. The van der Waals surface area contributed by atoms with Gasteiger partial charge < -0.3 is 9.47 Å². The van der Waals surface area contributed by atoms with Crippen molar-refractivity contribution in [1.29, 1.82) is 0 Å². The van der Waals surface area contributed by atoms with Crippen LogP contribution in [0.1, 0.15) is 31.0 Å². The quantitative estimate of drug-likeness (QED) is 0.399. The van der Waals surface area contributed by atoms with E-state index >= 15 is 0 Å². The highest BCUT2D eigenvalue weighted by Gasteiger charge is 2.33. The van der Waals surface area contributed by atoms with E-state index in [-0.39, 0.29) is 12.2 Å². The minimum atomic E-state index is -0.662. The summed E-state index contributed by atoms with van der Waals surface area (Å²) in [5.41, 5.74) is 2.21. The number of benzene rings is 1. The van der Waals surface area contributed by atoms with Gasteiger partial charge in [0.25, 0.3) is 5.56 Å². The minimum absolute atomic E-state index is 0.224. The Kier molecular flexibility index (Phi) is 6.65. The standard InChI is InChI=1S/C25H23N3O4S/c1-4-13-32-19-10-8-18(9-11-19)22-21(24(30)31-5-2)16(3)27-25-28(22)23(29)20(33-25)14-17-7-6-12-26-15-17/h4,6-12,14-15,22H,1,5,13H2,2-3H3/b20-14-/t22-/m1/s1. The lowest BCUT2D eigenvalue weighted by Crippen LogP contribution is -2.39. The van der Waals surface area contributed by atoms with Crippen molar-refractivity contribution in [1.82, 2.24) is 9.55 Å². The van der Waals surface area contributed by atoms with E-state index in [1.807, 2.05) is 36.4 Å². The van der Waals surface area contributed by atoms with E-state index in [0.29, 0.717) is 33.0 Å². The number of ether oxygens (including phenoxy) is 2. The summed E-state index contributed by atoms with van der Waals surface area (Å²) in [5.74, 6) is 0.179. The molecule has 4 rings (SSSR count). The minimum Gasteiger partial charge on any atom is -0.490 e. The number of hydrogen-bond donors (Lipinski definition) is 0. The third-order valence-electron chi connectivity index (χ3n) is 5.06. The molecule has 33 heavy (non-hydrogen) atoms. The SMILES string of the molecule is C=CCOc1ccc([C@@H]2C(C(=O)OCC)=C(C)N=c3s/c(=C\c4cccnc4)c(=O)n32)cc1. The number of carbonyl (C=O) groups is 1. The van der Waals surface area contributed by atoms with Gasteiger partial charge in [0, 0.05) is 12.4 Å². The second kappa shape index (κ2) is 9.79. The average molecular weight is 462 g/mol. The van der Waals surface area contributed by atoms with E-state index in [0.717, 1.165) is 11.1 Å².